The third-order valence-electron chi connectivity index (χ3n) is 2.56. The van der Waals surface area contributed by atoms with Crippen LogP contribution in [-0.2, 0) is 15.3 Å². The van der Waals surface area contributed by atoms with Crippen LogP contribution in [0.15, 0.2) is 18.2 Å². The molecular formula is C11H12Cl2O3. The number of aliphatic hydroxyl groups excluding tert-OH is 1. The van der Waals surface area contributed by atoms with Gasteiger partial charge in [-0.1, -0.05) is 29.3 Å². The Morgan fingerprint density at radius 2 is 2.25 bits per heavy atom. The Morgan fingerprint density at radius 1 is 1.50 bits per heavy atom. The third-order valence-corrected chi connectivity index (χ3v) is 3.11. The van der Waals surface area contributed by atoms with E-state index in [0.29, 0.717) is 16.7 Å². The van der Waals surface area contributed by atoms with Gasteiger partial charge < -0.3 is 14.6 Å². The highest BCUT2D eigenvalue weighted by Crippen LogP contribution is 2.38. The van der Waals surface area contributed by atoms with Gasteiger partial charge in [-0.2, -0.15) is 0 Å². The summed E-state index contributed by atoms with van der Waals surface area (Å²) >= 11 is 11.9. The lowest BCUT2D eigenvalue weighted by Gasteiger charge is -2.24. The second kappa shape index (κ2) is 4.51. The number of hydrogen-bond acceptors (Lipinski definition) is 3. The van der Waals surface area contributed by atoms with Gasteiger partial charge in [0.1, 0.15) is 6.10 Å². The van der Waals surface area contributed by atoms with Crippen molar-refractivity contribution in [2.24, 2.45) is 0 Å². The summed E-state index contributed by atoms with van der Waals surface area (Å²) in [7, 11) is 0. The van der Waals surface area contributed by atoms with Gasteiger partial charge in [0, 0.05) is 10.6 Å². The van der Waals surface area contributed by atoms with Gasteiger partial charge in [-0.25, -0.2) is 0 Å². The van der Waals surface area contributed by atoms with Gasteiger partial charge in [-0.05, 0) is 19.1 Å². The molecular weight excluding hydrogens is 251 g/mol. The van der Waals surface area contributed by atoms with Crippen LogP contribution in [0.25, 0.3) is 0 Å². The van der Waals surface area contributed by atoms with Crippen LogP contribution in [0.1, 0.15) is 12.5 Å². The molecule has 1 aromatic carbocycles. The van der Waals surface area contributed by atoms with Crippen LogP contribution in [0.2, 0.25) is 10.0 Å². The lowest BCUT2D eigenvalue weighted by atomic mass is 10.1. The van der Waals surface area contributed by atoms with Gasteiger partial charge in [-0.3, -0.25) is 0 Å². The summed E-state index contributed by atoms with van der Waals surface area (Å²) in [4.78, 5) is 0. The molecule has 0 bridgehead atoms. The zero-order chi connectivity index (χ0) is 11.8. The predicted molar refractivity (Wildman–Crippen MR) is 61.7 cm³/mol. The average Bonchev–Trinajstić information content (AvgIpc) is 2.61. The molecule has 0 amide bonds. The minimum Gasteiger partial charge on any atom is -0.394 e. The Bertz CT molecular complexity index is 397. The fourth-order valence-electron chi connectivity index (χ4n) is 1.73. The van der Waals surface area contributed by atoms with Crippen molar-refractivity contribution in [1.29, 1.82) is 0 Å². The molecule has 0 spiro atoms. The Labute approximate surface area is 104 Å². The van der Waals surface area contributed by atoms with E-state index in [-0.39, 0.29) is 12.7 Å². The molecule has 0 aromatic heterocycles. The van der Waals surface area contributed by atoms with E-state index in [1.54, 1.807) is 25.1 Å². The minimum absolute atomic E-state index is 0.0687. The monoisotopic (exact) mass is 262 g/mol. The molecule has 1 saturated heterocycles. The van der Waals surface area contributed by atoms with Crippen LogP contribution in [0.3, 0.4) is 0 Å². The van der Waals surface area contributed by atoms with Crippen molar-refractivity contribution in [2.75, 3.05) is 13.2 Å². The molecule has 0 aliphatic carbocycles. The number of rotatable bonds is 2. The molecule has 1 aromatic rings. The molecule has 1 heterocycles. The van der Waals surface area contributed by atoms with E-state index >= 15 is 0 Å². The molecule has 0 saturated carbocycles. The van der Waals surface area contributed by atoms with E-state index in [4.69, 9.17) is 37.8 Å². The summed E-state index contributed by atoms with van der Waals surface area (Å²) in [5.41, 5.74) is 0.717. The molecule has 2 atom stereocenters. The summed E-state index contributed by atoms with van der Waals surface area (Å²) in [6.45, 7) is 2.06. The maximum absolute atomic E-state index is 9.00. The second-order valence-electron chi connectivity index (χ2n) is 3.80. The smallest absolute Gasteiger partial charge is 0.194 e. The van der Waals surface area contributed by atoms with E-state index in [1.807, 2.05) is 0 Å². The summed E-state index contributed by atoms with van der Waals surface area (Å²) < 4.78 is 11.1. The highest BCUT2D eigenvalue weighted by Gasteiger charge is 2.39. The van der Waals surface area contributed by atoms with E-state index in [0.717, 1.165) is 5.56 Å². The van der Waals surface area contributed by atoms with Gasteiger partial charge in [0.05, 0.1) is 18.2 Å². The van der Waals surface area contributed by atoms with Crippen molar-refractivity contribution in [3.05, 3.63) is 33.8 Å². The molecule has 16 heavy (non-hydrogen) atoms. The van der Waals surface area contributed by atoms with Crippen molar-refractivity contribution < 1.29 is 14.6 Å². The number of aliphatic hydroxyl groups is 1. The summed E-state index contributed by atoms with van der Waals surface area (Å²) in [5.74, 6) is -0.908. The first kappa shape index (κ1) is 12.1. The van der Waals surface area contributed by atoms with Crippen molar-refractivity contribution in [3.8, 4) is 0 Å². The Kier molecular flexibility index (Phi) is 3.42. The molecule has 0 unspecified atom stereocenters. The standard InChI is InChI=1S/C11H12Cl2O3/c1-11(15-6-8(5-14)16-11)9-3-2-7(12)4-10(9)13/h2-4,8,14H,5-6H2,1H3/t8-,11+/m1/s1. The van der Waals surface area contributed by atoms with Crippen LogP contribution in [0.5, 0.6) is 0 Å². The molecule has 0 radical (unpaired) electrons. The average molecular weight is 263 g/mol. The SMILES string of the molecule is C[C@]1(c2ccc(Cl)cc2Cl)OC[C@@H](CO)O1. The number of hydrogen-bond donors (Lipinski definition) is 1. The second-order valence-corrected chi connectivity index (χ2v) is 4.65. The largest absolute Gasteiger partial charge is 0.394 e. The fraction of sp³-hybridized carbons (Fsp3) is 0.455. The third kappa shape index (κ3) is 2.19. The highest BCUT2D eigenvalue weighted by atomic mass is 35.5. The maximum atomic E-state index is 9.00. The van der Waals surface area contributed by atoms with Crippen LogP contribution < -0.4 is 0 Å². The molecule has 5 heteroatoms. The fourth-order valence-corrected chi connectivity index (χ4v) is 2.31. The van der Waals surface area contributed by atoms with Crippen LogP contribution in [0, 0.1) is 0 Å². The van der Waals surface area contributed by atoms with E-state index in [9.17, 15) is 0 Å². The molecule has 88 valence electrons. The number of halogens is 2. The zero-order valence-corrected chi connectivity index (χ0v) is 10.3. The first-order valence-corrected chi connectivity index (χ1v) is 5.69. The lowest BCUT2D eigenvalue weighted by molar-refractivity contribution is -0.165. The normalized spacial score (nSPS) is 29.6. The molecule has 1 aliphatic heterocycles. The quantitative estimate of drug-likeness (QED) is 0.891. The van der Waals surface area contributed by atoms with Gasteiger partial charge in [-0.15, -0.1) is 0 Å². The van der Waals surface area contributed by atoms with Crippen molar-refractivity contribution in [1.82, 2.24) is 0 Å². The highest BCUT2D eigenvalue weighted by molar-refractivity contribution is 6.35. The van der Waals surface area contributed by atoms with Crippen molar-refractivity contribution in [3.63, 3.8) is 0 Å². The Hall–Kier alpha value is -0.320. The molecule has 1 fully saturated rings. The van der Waals surface area contributed by atoms with Gasteiger partial charge in [0.15, 0.2) is 5.79 Å². The zero-order valence-electron chi connectivity index (χ0n) is 8.74. The Morgan fingerprint density at radius 3 is 2.81 bits per heavy atom. The van der Waals surface area contributed by atoms with Gasteiger partial charge in [0.2, 0.25) is 0 Å². The van der Waals surface area contributed by atoms with E-state index in [1.165, 1.54) is 0 Å². The topological polar surface area (TPSA) is 38.7 Å². The molecule has 2 rings (SSSR count). The van der Waals surface area contributed by atoms with Crippen molar-refractivity contribution >= 4 is 23.2 Å². The van der Waals surface area contributed by atoms with E-state index in [2.05, 4.69) is 0 Å². The number of benzene rings is 1. The van der Waals surface area contributed by atoms with Gasteiger partial charge in [0.25, 0.3) is 0 Å². The minimum atomic E-state index is -0.908. The first-order chi connectivity index (χ1) is 7.55. The lowest BCUT2D eigenvalue weighted by Crippen LogP contribution is -2.25. The van der Waals surface area contributed by atoms with E-state index < -0.39 is 5.79 Å². The predicted octanol–water partition coefficient (Wildman–Crippen LogP) is 2.57. The summed E-state index contributed by atoms with van der Waals surface area (Å²) in [5, 5.41) is 10.1. The van der Waals surface area contributed by atoms with Crippen LogP contribution in [-0.4, -0.2) is 24.4 Å². The maximum Gasteiger partial charge on any atom is 0.194 e. The summed E-state index contributed by atoms with van der Waals surface area (Å²) in [6, 6.07) is 5.14. The number of ether oxygens (including phenoxy) is 2. The first-order valence-electron chi connectivity index (χ1n) is 4.93. The molecule has 1 N–H and O–H groups in total. The molecule has 3 nitrogen and oxygen atoms in total. The molecule has 1 aliphatic rings. The van der Waals surface area contributed by atoms with Crippen LogP contribution >= 0.6 is 23.2 Å². The van der Waals surface area contributed by atoms with Crippen molar-refractivity contribution in [2.45, 2.75) is 18.8 Å². The Balaban J connectivity index is 2.30. The van der Waals surface area contributed by atoms with Crippen LogP contribution in [0.4, 0.5) is 0 Å². The summed E-state index contributed by atoms with van der Waals surface area (Å²) in [6.07, 6.45) is -0.309. The van der Waals surface area contributed by atoms with Gasteiger partial charge >= 0.3 is 0 Å².